The van der Waals surface area contributed by atoms with Crippen LogP contribution in [-0.2, 0) is 17.6 Å². The maximum atomic E-state index is 11.9. The second-order valence-electron chi connectivity index (χ2n) is 7.11. The van der Waals surface area contributed by atoms with Gasteiger partial charge in [0.05, 0.1) is 7.11 Å². The van der Waals surface area contributed by atoms with E-state index in [1.807, 2.05) is 39.8 Å². The summed E-state index contributed by atoms with van der Waals surface area (Å²) in [4.78, 5) is 11.9. The molecule has 136 valence electrons. The smallest absolute Gasteiger partial charge is 0.407 e. The lowest BCUT2D eigenvalue weighted by Crippen LogP contribution is -2.38. The summed E-state index contributed by atoms with van der Waals surface area (Å²) in [5.41, 5.74) is 1.57. The normalized spacial score (nSPS) is 12.6. The molecule has 0 aliphatic carbocycles. The topological polar surface area (TPSA) is 47.6 Å². The van der Waals surface area contributed by atoms with Gasteiger partial charge in [-0.15, -0.1) is 0 Å². The highest BCUT2D eigenvalue weighted by Gasteiger charge is 2.19. The average Bonchev–Trinajstić information content (AvgIpc) is 2.44. The van der Waals surface area contributed by atoms with Gasteiger partial charge in [-0.2, -0.15) is 0 Å². The Labute approximate surface area is 150 Å². The molecule has 0 fully saturated rings. The van der Waals surface area contributed by atoms with Crippen LogP contribution in [0.5, 0.6) is 5.75 Å². The van der Waals surface area contributed by atoms with Crippen LogP contribution in [0.3, 0.4) is 0 Å². The summed E-state index contributed by atoms with van der Waals surface area (Å²) in [5.74, 6) is 0.809. The lowest BCUT2D eigenvalue weighted by molar-refractivity contribution is 0.0508. The first-order valence-electron chi connectivity index (χ1n) is 8.51. The van der Waals surface area contributed by atoms with Gasteiger partial charge < -0.3 is 14.8 Å². The van der Waals surface area contributed by atoms with E-state index in [9.17, 15) is 4.79 Å². The molecule has 1 rings (SSSR count). The lowest BCUT2D eigenvalue weighted by Gasteiger charge is -2.22. The van der Waals surface area contributed by atoms with Crippen molar-refractivity contribution in [3.05, 3.63) is 28.3 Å². The number of carbonyl (C=O) groups excluding carboxylic acids is 1. The molecular weight excluding hydrogens is 326 g/mol. The predicted molar refractivity (Wildman–Crippen MR) is 99.2 cm³/mol. The highest BCUT2D eigenvalue weighted by atomic mass is 35.5. The van der Waals surface area contributed by atoms with Gasteiger partial charge in [0.25, 0.3) is 0 Å². The first-order valence-corrected chi connectivity index (χ1v) is 8.88. The summed E-state index contributed by atoms with van der Waals surface area (Å²) in [6, 6.07) is 3.86. The van der Waals surface area contributed by atoms with Crippen LogP contribution < -0.4 is 10.1 Å². The van der Waals surface area contributed by atoms with Gasteiger partial charge in [0.15, 0.2) is 0 Å². The van der Waals surface area contributed by atoms with Crippen LogP contribution >= 0.6 is 11.6 Å². The second kappa shape index (κ2) is 9.16. The van der Waals surface area contributed by atoms with Crippen molar-refractivity contribution in [1.82, 2.24) is 5.32 Å². The number of rotatable bonds is 7. The molecule has 0 spiro atoms. The Morgan fingerprint density at radius 3 is 2.50 bits per heavy atom. The number of benzene rings is 1. The summed E-state index contributed by atoms with van der Waals surface area (Å²) in [5, 5.41) is 3.60. The van der Waals surface area contributed by atoms with Crippen LogP contribution in [0.4, 0.5) is 4.79 Å². The molecule has 0 bridgehead atoms. The van der Waals surface area contributed by atoms with Crippen molar-refractivity contribution in [2.24, 2.45) is 0 Å². The Balaban J connectivity index is 2.79. The zero-order valence-electron chi connectivity index (χ0n) is 15.7. The number of hydrogen-bond acceptors (Lipinski definition) is 3. The highest BCUT2D eigenvalue weighted by Crippen LogP contribution is 2.29. The number of halogens is 1. The third kappa shape index (κ3) is 7.00. The average molecular weight is 356 g/mol. The number of nitrogens with one attached hydrogen (secondary N) is 1. The molecule has 1 atom stereocenters. The van der Waals surface area contributed by atoms with E-state index in [0.717, 1.165) is 41.2 Å². The summed E-state index contributed by atoms with van der Waals surface area (Å²) in [6.45, 7) is 9.62. The molecule has 1 aromatic carbocycles. The Hall–Kier alpha value is -1.42. The molecule has 0 aliphatic heterocycles. The number of methoxy groups -OCH3 is 1. The van der Waals surface area contributed by atoms with Crippen LogP contribution in [0, 0.1) is 0 Å². The number of aryl methyl sites for hydroxylation is 1. The summed E-state index contributed by atoms with van der Waals surface area (Å²) >= 11 is 6.40. The van der Waals surface area contributed by atoms with Gasteiger partial charge in [0.2, 0.25) is 0 Å². The fraction of sp³-hybridized carbons (Fsp3) is 0.632. The zero-order chi connectivity index (χ0) is 18.3. The van der Waals surface area contributed by atoms with Crippen molar-refractivity contribution >= 4 is 17.7 Å². The molecule has 0 saturated carbocycles. The highest BCUT2D eigenvalue weighted by molar-refractivity contribution is 6.31. The van der Waals surface area contributed by atoms with Crippen molar-refractivity contribution in [2.75, 3.05) is 7.11 Å². The van der Waals surface area contributed by atoms with Crippen LogP contribution in [0.1, 0.15) is 58.6 Å². The molecule has 0 radical (unpaired) electrons. The van der Waals surface area contributed by atoms with E-state index in [1.165, 1.54) is 0 Å². The monoisotopic (exact) mass is 355 g/mol. The van der Waals surface area contributed by atoms with E-state index in [2.05, 4.69) is 12.2 Å². The van der Waals surface area contributed by atoms with Crippen LogP contribution in [-0.4, -0.2) is 24.8 Å². The third-order valence-electron chi connectivity index (χ3n) is 3.54. The van der Waals surface area contributed by atoms with E-state index in [1.54, 1.807) is 7.11 Å². The summed E-state index contributed by atoms with van der Waals surface area (Å²) in [6.07, 6.45) is 3.36. The molecule has 0 heterocycles. The van der Waals surface area contributed by atoms with E-state index in [4.69, 9.17) is 21.1 Å². The first-order chi connectivity index (χ1) is 11.2. The fourth-order valence-electron chi connectivity index (χ4n) is 2.43. The molecule has 5 heteroatoms. The Morgan fingerprint density at radius 2 is 1.96 bits per heavy atom. The minimum atomic E-state index is -0.508. The third-order valence-corrected chi connectivity index (χ3v) is 3.89. The molecule has 0 saturated heterocycles. The van der Waals surface area contributed by atoms with Crippen LogP contribution in [0.2, 0.25) is 5.02 Å². The minimum Gasteiger partial charge on any atom is -0.496 e. The number of ether oxygens (including phenoxy) is 2. The van der Waals surface area contributed by atoms with Gasteiger partial charge in [0, 0.05) is 11.1 Å². The van der Waals surface area contributed by atoms with Crippen molar-refractivity contribution < 1.29 is 14.3 Å². The minimum absolute atomic E-state index is 0.0914. The molecular formula is C19H30ClNO3. The number of amides is 1. The molecule has 4 nitrogen and oxygen atoms in total. The molecule has 1 aromatic rings. The fourth-order valence-corrected chi connectivity index (χ4v) is 2.72. The van der Waals surface area contributed by atoms with Crippen molar-refractivity contribution in [3.8, 4) is 5.75 Å². The van der Waals surface area contributed by atoms with Gasteiger partial charge in [-0.3, -0.25) is 0 Å². The molecule has 0 aliphatic rings. The van der Waals surface area contributed by atoms with Gasteiger partial charge in [-0.25, -0.2) is 4.79 Å². The van der Waals surface area contributed by atoms with Gasteiger partial charge in [-0.1, -0.05) is 24.9 Å². The van der Waals surface area contributed by atoms with E-state index in [0.29, 0.717) is 6.42 Å². The summed E-state index contributed by atoms with van der Waals surface area (Å²) in [7, 11) is 1.66. The van der Waals surface area contributed by atoms with Crippen molar-refractivity contribution in [2.45, 2.75) is 71.9 Å². The number of unbranched alkanes of at least 4 members (excludes halogenated alkanes) is 1. The second-order valence-corrected chi connectivity index (χ2v) is 7.52. The van der Waals surface area contributed by atoms with Crippen molar-refractivity contribution in [1.29, 1.82) is 0 Å². The Bertz CT molecular complexity index is 552. The van der Waals surface area contributed by atoms with E-state index in [-0.39, 0.29) is 6.04 Å². The van der Waals surface area contributed by atoms with Crippen LogP contribution in [0.25, 0.3) is 0 Å². The van der Waals surface area contributed by atoms with Crippen molar-refractivity contribution in [3.63, 3.8) is 0 Å². The maximum absolute atomic E-state index is 11.9. The van der Waals surface area contributed by atoms with E-state index < -0.39 is 11.7 Å². The Kier molecular flexibility index (Phi) is 7.88. The quantitative estimate of drug-likeness (QED) is 0.736. The molecule has 0 aromatic heterocycles. The van der Waals surface area contributed by atoms with Crippen LogP contribution in [0.15, 0.2) is 12.1 Å². The van der Waals surface area contributed by atoms with Gasteiger partial charge in [-0.05, 0) is 70.2 Å². The summed E-state index contributed by atoms with van der Waals surface area (Å²) < 4.78 is 10.8. The first kappa shape index (κ1) is 20.6. The Morgan fingerprint density at radius 1 is 1.29 bits per heavy atom. The molecule has 1 N–H and O–H groups in total. The molecule has 1 amide bonds. The maximum Gasteiger partial charge on any atom is 0.407 e. The largest absolute Gasteiger partial charge is 0.496 e. The zero-order valence-corrected chi connectivity index (χ0v) is 16.4. The standard InChI is InChI=1S/C19H30ClNO3/c1-7-8-9-14-12-17(23-6)15(11-16(14)20)10-13(2)21-18(22)24-19(3,4)5/h11-13H,7-10H2,1-6H3,(H,21,22)/t13-/m0/s1. The number of hydrogen-bond donors (Lipinski definition) is 1. The molecule has 24 heavy (non-hydrogen) atoms. The predicted octanol–water partition coefficient (Wildman–Crippen LogP) is 5.15. The molecule has 0 unspecified atom stereocenters. The van der Waals surface area contributed by atoms with Gasteiger partial charge >= 0.3 is 6.09 Å². The lowest BCUT2D eigenvalue weighted by atomic mass is 10.0. The number of alkyl carbamates (subject to hydrolysis) is 1. The van der Waals surface area contributed by atoms with Gasteiger partial charge in [0.1, 0.15) is 11.4 Å². The SMILES string of the molecule is CCCCc1cc(OC)c(C[C@H](C)NC(=O)OC(C)(C)C)cc1Cl. The van der Waals surface area contributed by atoms with E-state index >= 15 is 0 Å². The number of carbonyl (C=O) groups is 1.